The first-order chi connectivity index (χ1) is 12.6. The maximum Gasteiger partial charge on any atom is 0.141 e. The molecule has 0 spiro atoms. The average molecular weight is 378 g/mol. The third kappa shape index (κ3) is 4.52. The second kappa shape index (κ2) is 9.08. The molecule has 0 radical (unpaired) electrons. The van der Waals surface area contributed by atoms with E-state index in [2.05, 4.69) is 30.7 Å². The highest BCUT2D eigenvalue weighted by Crippen LogP contribution is 2.34. The van der Waals surface area contributed by atoms with Crippen molar-refractivity contribution in [2.45, 2.75) is 33.1 Å². The van der Waals surface area contributed by atoms with Gasteiger partial charge in [0.15, 0.2) is 0 Å². The van der Waals surface area contributed by atoms with Crippen LogP contribution >= 0.6 is 11.3 Å². The summed E-state index contributed by atoms with van der Waals surface area (Å²) in [6.07, 6.45) is 3.09. The van der Waals surface area contributed by atoms with E-state index in [4.69, 9.17) is 20.4 Å². The Labute approximate surface area is 160 Å². The Bertz CT molecular complexity index is 726. The number of aromatic nitrogens is 2. The molecular weight excluding hydrogens is 346 g/mol. The topological polar surface area (TPSA) is 67.5 Å². The summed E-state index contributed by atoms with van der Waals surface area (Å²) in [7, 11) is 2.15. The molecule has 2 aromatic rings. The van der Waals surface area contributed by atoms with Gasteiger partial charge in [-0.15, -0.1) is 11.3 Å². The fourth-order valence-electron chi connectivity index (χ4n) is 3.40. The Morgan fingerprint density at radius 3 is 2.69 bits per heavy atom. The first-order valence-corrected chi connectivity index (χ1v) is 10.4. The standard InChI is InChI=1S/C19H31N5OS/c1-14-15(2)26-19-17(14)18(21-16(22-19)6-7-20)23(3)8-4-5-9-24-10-12-25-13-11-24/h4-13,20H2,1-3H3. The van der Waals surface area contributed by atoms with Gasteiger partial charge in [-0.3, -0.25) is 4.90 Å². The number of ether oxygens (including phenoxy) is 1. The van der Waals surface area contributed by atoms with Gasteiger partial charge in [-0.25, -0.2) is 9.97 Å². The van der Waals surface area contributed by atoms with Crippen molar-refractivity contribution >= 4 is 27.4 Å². The second-order valence-corrected chi connectivity index (χ2v) is 8.25. The lowest BCUT2D eigenvalue weighted by Crippen LogP contribution is -2.37. The van der Waals surface area contributed by atoms with Crippen molar-refractivity contribution < 1.29 is 4.74 Å². The van der Waals surface area contributed by atoms with Crippen molar-refractivity contribution in [2.75, 3.05) is 57.9 Å². The fraction of sp³-hybridized carbons (Fsp3) is 0.684. The largest absolute Gasteiger partial charge is 0.379 e. The Kier molecular flexibility index (Phi) is 6.80. The molecule has 6 nitrogen and oxygen atoms in total. The number of anilines is 1. The maximum absolute atomic E-state index is 5.73. The number of nitrogens with zero attached hydrogens (tertiary/aromatic N) is 4. The summed E-state index contributed by atoms with van der Waals surface area (Å²) < 4.78 is 5.42. The molecule has 2 aromatic heterocycles. The number of thiophene rings is 1. The van der Waals surface area contributed by atoms with Crippen LogP contribution in [0, 0.1) is 13.8 Å². The van der Waals surface area contributed by atoms with Crippen LogP contribution in [0.3, 0.4) is 0 Å². The van der Waals surface area contributed by atoms with Crippen molar-refractivity contribution in [3.8, 4) is 0 Å². The fourth-order valence-corrected chi connectivity index (χ4v) is 4.45. The molecule has 7 heteroatoms. The number of fused-ring (bicyclic) bond motifs is 1. The van der Waals surface area contributed by atoms with E-state index in [0.29, 0.717) is 6.54 Å². The molecular formula is C19H31N5OS. The molecule has 0 aromatic carbocycles. The zero-order chi connectivity index (χ0) is 18.5. The highest BCUT2D eigenvalue weighted by Gasteiger charge is 2.17. The summed E-state index contributed by atoms with van der Waals surface area (Å²) in [4.78, 5) is 16.8. The van der Waals surface area contributed by atoms with Gasteiger partial charge in [0.05, 0.1) is 18.6 Å². The van der Waals surface area contributed by atoms with Crippen LogP contribution < -0.4 is 10.6 Å². The SMILES string of the molecule is Cc1sc2nc(CCN)nc(N(C)CCCCN3CCOCC3)c2c1C. The second-order valence-electron chi connectivity index (χ2n) is 7.05. The molecule has 0 bridgehead atoms. The van der Waals surface area contributed by atoms with Crippen LogP contribution in [-0.4, -0.2) is 67.9 Å². The normalized spacial score (nSPS) is 15.7. The Morgan fingerprint density at radius 2 is 1.96 bits per heavy atom. The molecule has 144 valence electrons. The van der Waals surface area contributed by atoms with Gasteiger partial charge in [-0.05, 0) is 45.3 Å². The third-order valence-corrected chi connectivity index (χ3v) is 6.21. The number of aryl methyl sites for hydroxylation is 2. The van der Waals surface area contributed by atoms with E-state index < -0.39 is 0 Å². The van der Waals surface area contributed by atoms with Crippen LogP contribution in [0.4, 0.5) is 5.82 Å². The van der Waals surface area contributed by atoms with Gasteiger partial charge >= 0.3 is 0 Å². The summed E-state index contributed by atoms with van der Waals surface area (Å²) in [6, 6.07) is 0. The molecule has 0 atom stereocenters. The lowest BCUT2D eigenvalue weighted by Gasteiger charge is -2.27. The van der Waals surface area contributed by atoms with Crippen molar-refractivity contribution in [3.63, 3.8) is 0 Å². The van der Waals surface area contributed by atoms with Crippen molar-refractivity contribution in [2.24, 2.45) is 5.73 Å². The minimum atomic E-state index is 0.581. The van der Waals surface area contributed by atoms with Crippen LogP contribution in [0.2, 0.25) is 0 Å². The van der Waals surface area contributed by atoms with E-state index in [1.165, 1.54) is 22.2 Å². The molecule has 0 aliphatic carbocycles. The van der Waals surface area contributed by atoms with Crippen molar-refractivity contribution in [1.29, 1.82) is 0 Å². The highest BCUT2D eigenvalue weighted by atomic mass is 32.1. The molecule has 3 rings (SSSR count). The lowest BCUT2D eigenvalue weighted by atomic mass is 10.2. The van der Waals surface area contributed by atoms with Crippen LogP contribution in [0.15, 0.2) is 0 Å². The number of rotatable bonds is 8. The maximum atomic E-state index is 5.73. The smallest absolute Gasteiger partial charge is 0.141 e. The van der Waals surface area contributed by atoms with Crippen LogP contribution in [0.5, 0.6) is 0 Å². The first kappa shape index (κ1) is 19.5. The summed E-state index contributed by atoms with van der Waals surface area (Å²) in [5.41, 5.74) is 7.04. The zero-order valence-electron chi connectivity index (χ0n) is 16.3. The predicted octanol–water partition coefficient (Wildman–Crippen LogP) is 2.36. The Balaban J connectivity index is 1.67. The van der Waals surface area contributed by atoms with Crippen molar-refractivity contribution in [3.05, 3.63) is 16.3 Å². The van der Waals surface area contributed by atoms with Crippen LogP contribution in [0.1, 0.15) is 29.1 Å². The van der Waals surface area contributed by atoms with Crippen molar-refractivity contribution in [1.82, 2.24) is 14.9 Å². The van der Waals surface area contributed by atoms with Gasteiger partial charge in [-0.2, -0.15) is 0 Å². The number of unbranched alkanes of at least 4 members (excludes halogenated alkanes) is 1. The molecule has 0 amide bonds. The highest BCUT2D eigenvalue weighted by molar-refractivity contribution is 7.18. The molecule has 2 N–H and O–H groups in total. The number of hydrogen-bond acceptors (Lipinski definition) is 7. The number of nitrogens with two attached hydrogens (primary N) is 1. The van der Waals surface area contributed by atoms with Crippen LogP contribution in [0.25, 0.3) is 10.2 Å². The molecule has 1 fully saturated rings. The molecule has 3 heterocycles. The summed E-state index contributed by atoms with van der Waals surface area (Å²) in [6.45, 7) is 11.0. The lowest BCUT2D eigenvalue weighted by molar-refractivity contribution is 0.0372. The predicted molar refractivity (Wildman–Crippen MR) is 109 cm³/mol. The Morgan fingerprint density at radius 1 is 1.19 bits per heavy atom. The third-order valence-electron chi connectivity index (χ3n) is 5.11. The summed E-state index contributed by atoms with van der Waals surface area (Å²) in [5, 5.41) is 1.21. The zero-order valence-corrected chi connectivity index (χ0v) is 17.1. The van der Waals surface area contributed by atoms with Gasteiger partial charge in [0, 0.05) is 38.0 Å². The summed E-state index contributed by atoms with van der Waals surface area (Å²) in [5.74, 6) is 1.92. The number of morpholine rings is 1. The van der Waals surface area contributed by atoms with Gasteiger partial charge in [0.25, 0.3) is 0 Å². The van der Waals surface area contributed by atoms with Gasteiger partial charge in [0.2, 0.25) is 0 Å². The van der Waals surface area contributed by atoms with E-state index in [1.807, 2.05) is 0 Å². The minimum absolute atomic E-state index is 0.581. The molecule has 0 unspecified atom stereocenters. The van der Waals surface area contributed by atoms with Crippen LogP contribution in [-0.2, 0) is 11.2 Å². The van der Waals surface area contributed by atoms with Gasteiger partial charge < -0.3 is 15.4 Å². The van der Waals surface area contributed by atoms with E-state index in [1.54, 1.807) is 11.3 Å². The summed E-state index contributed by atoms with van der Waals surface area (Å²) >= 11 is 1.76. The average Bonchev–Trinajstić information content (AvgIpc) is 2.93. The minimum Gasteiger partial charge on any atom is -0.379 e. The molecule has 1 saturated heterocycles. The van der Waals surface area contributed by atoms with Gasteiger partial charge in [0.1, 0.15) is 16.5 Å². The van der Waals surface area contributed by atoms with E-state index in [0.717, 1.165) is 68.7 Å². The van der Waals surface area contributed by atoms with Gasteiger partial charge in [-0.1, -0.05) is 0 Å². The van der Waals surface area contributed by atoms with E-state index in [-0.39, 0.29) is 0 Å². The Hall–Kier alpha value is -1.28. The van der Waals surface area contributed by atoms with E-state index in [9.17, 15) is 0 Å². The monoisotopic (exact) mass is 377 g/mol. The first-order valence-electron chi connectivity index (χ1n) is 9.58. The molecule has 0 saturated carbocycles. The van der Waals surface area contributed by atoms with E-state index >= 15 is 0 Å². The molecule has 1 aliphatic rings. The molecule has 1 aliphatic heterocycles. The number of hydrogen-bond donors (Lipinski definition) is 1. The molecule has 26 heavy (non-hydrogen) atoms. The quantitative estimate of drug-likeness (QED) is 0.713.